The van der Waals surface area contributed by atoms with E-state index in [-0.39, 0.29) is 12.1 Å². The maximum atomic E-state index is 11.9. The highest BCUT2D eigenvalue weighted by molar-refractivity contribution is 5.68. The van der Waals surface area contributed by atoms with Crippen molar-refractivity contribution in [1.82, 2.24) is 15.6 Å². The van der Waals surface area contributed by atoms with Crippen LogP contribution >= 0.6 is 0 Å². The molecule has 2 unspecified atom stereocenters. The standard InChI is InChI=1S/C16H25N3O2/c1-16(2,3)21-15(20)19-14-6-4-5-13(14)18-11-12-7-9-17-10-8-12/h7-10,13-14,18H,4-6,11H2,1-3H3,(H,19,20). The highest BCUT2D eigenvalue weighted by Gasteiger charge is 2.29. The lowest BCUT2D eigenvalue weighted by Crippen LogP contribution is -2.47. The van der Waals surface area contributed by atoms with Crippen LogP contribution < -0.4 is 10.6 Å². The molecule has 1 amide bonds. The Labute approximate surface area is 126 Å². The molecular weight excluding hydrogens is 266 g/mol. The Morgan fingerprint density at radius 2 is 1.95 bits per heavy atom. The number of carbonyl (C=O) groups excluding carboxylic acids is 1. The highest BCUT2D eigenvalue weighted by Crippen LogP contribution is 2.20. The average Bonchev–Trinajstić information content (AvgIpc) is 2.82. The molecule has 116 valence electrons. The van der Waals surface area contributed by atoms with E-state index in [1.165, 1.54) is 5.56 Å². The third kappa shape index (κ3) is 5.34. The van der Waals surface area contributed by atoms with Gasteiger partial charge in [0, 0.05) is 31.0 Å². The van der Waals surface area contributed by atoms with Gasteiger partial charge in [-0.2, -0.15) is 0 Å². The molecule has 1 fully saturated rings. The van der Waals surface area contributed by atoms with Crippen molar-refractivity contribution in [2.45, 2.75) is 64.3 Å². The molecule has 0 bridgehead atoms. The Morgan fingerprint density at radius 3 is 2.62 bits per heavy atom. The zero-order chi connectivity index (χ0) is 15.3. The van der Waals surface area contributed by atoms with Gasteiger partial charge in [0.05, 0.1) is 0 Å². The van der Waals surface area contributed by atoms with Crippen LogP contribution in [-0.2, 0) is 11.3 Å². The van der Waals surface area contributed by atoms with E-state index in [0.717, 1.165) is 25.8 Å². The first-order valence-corrected chi connectivity index (χ1v) is 7.56. The number of carbonyl (C=O) groups is 1. The Bertz CT molecular complexity index is 456. The van der Waals surface area contributed by atoms with Crippen molar-refractivity contribution in [1.29, 1.82) is 0 Å². The first-order chi connectivity index (χ1) is 9.94. The van der Waals surface area contributed by atoms with Gasteiger partial charge in [-0.1, -0.05) is 0 Å². The minimum Gasteiger partial charge on any atom is -0.444 e. The summed E-state index contributed by atoms with van der Waals surface area (Å²) in [6, 6.07) is 4.43. The maximum absolute atomic E-state index is 11.9. The van der Waals surface area contributed by atoms with Crippen LogP contribution in [0.2, 0.25) is 0 Å². The molecule has 1 aromatic rings. The molecule has 1 heterocycles. The summed E-state index contributed by atoms with van der Waals surface area (Å²) in [5.74, 6) is 0. The highest BCUT2D eigenvalue weighted by atomic mass is 16.6. The normalized spacial score (nSPS) is 22.0. The molecule has 0 saturated heterocycles. The lowest BCUT2D eigenvalue weighted by atomic mass is 10.1. The van der Waals surface area contributed by atoms with Crippen molar-refractivity contribution in [2.24, 2.45) is 0 Å². The smallest absolute Gasteiger partial charge is 0.407 e. The molecule has 0 spiro atoms. The van der Waals surface area contributed by atoms with Crippen molar-refractivity contribution < 1.29 is 9.53 Å². The van der Waals surface area contributed by atoms with Crippen LogP contribution in [0.15, 0.2) is 24.5 Å². The molecule has 1 saturated carbocycles. The van der Waals surface area contributed by atoms with Gasteiger partial charge in [0.2, 0.25) is 0 Å². The zero-order valence-electron chi connectivity index (χ0n) is 13.1. The van der Waals surface area contributed by atoms with Crippen molar-refractivity contribution in [3.8, 4) is 0 Å². The second-order valence-corrected chi connectivity index (χ2v) is 6.53. The van der Waals surface area contributed by atoms with Gasteiger partial charge in [-0.05, 0) is 57.7 Å². The topological polar surface area (TPSA) is 63.2 Å². The molecule has 5 nitrogen and oxygen atoms in total. The number of hydrogen-bond donors (Lipinski definition) is 2. The van der Waals surface area contributed by atoms with Gasteiger partial charge in [-0.15, -0.1) is 0 Å². The number of amides is 1. The number of hydrogen-bond acceptors (Lipinski definition) is 4. The minimum atomic E-state index is -0.456. The van der Waals surface area contributed by atoms with Gasteiger partial charge in [-0.25, -0.2) is 4.79 Å². The van der Waals surface area contributed by atoms with Crippen molar-refractivity contribution >= 4 is 6.09 Å². The third-order valence-electron chi connectivity index (χ3n) is 3.54. The fourth-order valence-electron chi connectivity index (χ4n) is 2.59. The first kappa shape index (κ1) is 15.8. The van der Waals surface area contributed by atoms with Gasteiger partial charge in [0.15, 0.2) is 0 Å². The Hall–Kier alpha value is -1.62. The van der Waals surface area contributed by atoms with Crippen LogP contribution in [-0.4, -0.2) is 28.8 Å². The van der Waals surface area contributed by atoms with Crippen LogP contribution in [0, 0.1) is 0 Å². The molecule has 1 aliphatic carbocycles. The van der Waals surface area contributed by atoms with E-state index in [1.54, 1.807) is 12.4 Å². The summed E-state index contributed by atoms with van der Waals surface area (Å²) in [7, 11) is 0. The molecule has 0 radical (unpaired) electrons. The molecule has 0 aliphatic heterocycles. The molecule has 2 atom stereocenters. The van der Waals surface area contributed by atoms with E-state index in [1.807, 2.05) is 32.9 Å². The van der Waals surface area contributed by atoms with Crippen LogP contribution in [0.5, 0.6) is 0 Å². The van der Waals surface area contributed by atoms with E-state index < -0.39 is 5.60 Å². The van der Waals surface area contributed by atoms with Crippen molar-refractivity contribution in [2.75, 3.05) is 0 Å². The lowest BCUT2D eigenvalue weighted by Gasteiger charge is -2.25. The van der Waals surface area contributed by atoms with Gasteiger partial charge in [-0.3, -0.25) is 4.98 Å². The zero-order valence-corrected chi connectivity index (χ0v) is 13.1. The van der Waals surface area contributed by atoms with Gasteiger partial charge in [0.25, 0.3) is 0 Å². The second kappa shape index (κ2) is 6.89. The van der Waals surface area contributed by atoms with E-state index in [4.69, 9.17) is 4.74 Å². The number of aromatic nitrogens is 1. The summed E-state index contributed by atoms with van der Waals surface area (Å²) in [6.07, 6.45) is 6.45. The summed E-state index contributed by atoms with van der Waals surface area (Å²) in [4.78, 5) is 15.9. The molecule has 21 heavy (non-hydrogen) atoms. The molecule has 1 aliphatic rings. The lowest BCUT2D eigenvalue weighted by molar-refractivity contribution is 0.0498. The third-order valence-corrected chi connectivity index (χ3v) is 3.54. The fraction of sp³-hybridized carbons (Fsp3) is 0.625. The number of alkyl carbamates (subject to hydrolysis) is 1. The molecule has 1 aromatic heterocycles. The molecular formula is C16H25N3O2. The number of pyridine rings is 1. The van der Waals surface area contributed by atoms with E-state index in [9.17, 15) is 4.79 Å². The van der Waals surface area contributed by atoms with Crippen LogP contribution in [0.25, 0.3) is 0 Å². The van der Waals surface area contributed by atoms with E-state index in [0.29, 0.717) is 6.04 Å². The molecule has 5 heteroatoms. The summed E-state index contributed by atoms with van der Waals surface area (Å²) >= 11 is 0. The average molecular weight is 291 g/mol. The number of nitrogens with zero attached hydrogens (tertiary/aromatic N) is 1. The minimum absolute atomic E-state index is 0.140. The largest absolute Gasteiger partial charge is 0.444 e. The SMILES string of the molecule is CC(C)(C)OC(=O)NC1CCCC1NCc1ccncc1. The monoisotopic (exact) mass is 291 g/mol. The van der Waals surface area contributed by atoms with Gasteiger partial charge >= 0.3 is 6.09 Å². The van der Waals surface area contributed by atoms with Gasteiger partial charge in [0.1, 0.15) is 5.60 Å². The van der Waals surface area contributed by atoms with E-state index >= 15 is 0 Å². The Morgan fingerprint density at radius 1 is 1.29 bits per heavy atom. The summed E-state index contributed by atoms with van der Waals surface area (Å²) in [5, 5.41) is 6.50. The predicted molar refractivity (Wildman–Crippen MR) is 81.9 cm³/mol. The summed E-state index contributed by atoms with van der Waals surface area (Å²) < 4.78 is 5.32. The summed E-state index contributed by atoms with van der Waals surface area (Å²) in [5.41, 5.74) is 0.746. The van der Waals surface area contributed by atoms with Crippen molar-refractivity contribution in [3.63, 3.8) is 0 Å². The first-order valence-electron chi connectivity index (χ1n) is 7.56. The summed E-state index contributed by atoms with van der Waals surface area (Å²) in [6.45, 7) is 6.42. The number of ether oxygens (including phenoxy) is 1. The van der Waals surface area contributed by atoms with Gasteiger partial charge < -0.3 is 15.4 Å². The van der Waals surface area contributed by atoms with Crippen LogP contribution in [0.1, 0.15) is 45.6 Å². The number of rotatable bonds is 4. The Kier molecular flexibility index (Phi) is 5.17. The molecule has 2 N–H and O–H groups in total. The second-order valence-electron chi connectivity index (χ2n) is 6.53. The van der Waals surface area contributed by atoms with Crippen LogP contribution in [0.4, 0.5) is 4.79 Å². The molecule has 2 rings (SSSR count). The predicted octanol–water partition coefficient (Wildman–Crippen LogP) is 2.62. The number of nitrogens with one attached hydrogen (secondary N) is 2. The quantitative estimate of drug-likeness (QED) is 0.895. The molecule has 0 aromatic carbocycles. The fourth-order valence-corrected chi connectivity index (χ4v) is 2.59. The van der Waals surface area contributed by atoms with Crippen molar-refractivity contribution in [3.05, 3.63) is 30.1 Å². The Balaban J connectivity index is 1.81. The van der Waals surface area contributed by atoms with Crippen LogP contribution in [0.3, 0.4) is 0 Å². The maximum Gasteiger partial charge on any atom is 0.407 e. The van der Waals surface area contributed by atoms with E-state index in [2.05, 4.69) is 15.6 Å².